The first-order chi connectivity index (χ1) is 6.93. The number of fused-ring (bicyclic) bond motifs is 2. The van der Waals surface area contributed by atoms with E-state index in [1.807, 2.05) is 20.8 Å². The number of hydrogen-bond acceptors (Lipinski definition) is 2. The first-order valence-electron chi connectivity index (χ1n) is 6.23. The third-order valence-electron chi connectivity index (χ3n) is 4.07. The minimum Gasteiger partial charge on any atom is -0.299 e. The summed E-state index contributed by atoms with van der Waals surface area (Å²) in [6.45, 7) is 9.53. The molecule has 0 aromatic heterocycles. The van der Waals surface area contributed by atoms with E-state index in [0.29, 0.717) is 23.8 Å². The number of carbonyl (C=O) groups is 1. The zero-order chi connectivity index (χ0) is 11.2. The maximum absolute atomic E-state index is 12.2. The normalized spacial score (nSPS) is 36.1. The molecule has 2 atom stereocenters. The Bertz CT molecular complexity index is 254. The van der Waals surface area contributed by atoms with E-state index in [-0.39, 0.29) is 5.41 Å². The Morgan fingerprint density at radius 2 is 1.73 bits per heavy atom. The van der Waals surface area contributed by atoms with Gasteiger partial charge in [-0.3, -0.25) is 9.69 Å². The zero-order valence-corrected chi connectivity index (χ0v) is 10.4. The molecule has 2 unspecified atom stereocenters. The highest BCUT2D eigenvalue weighted by Crippen LogP contribution is 2.43. The maximum atomic E-state index is 12.2. The topological polar surface area (TPSA) is 20.3 Å². The van der Waals surface area contributed by atoms with Crippen LogP contribution in [0.4, 0.5) is 0 Å². The van der Waals surface area contributed by atoms with Gasteiger partial charge in [-0.05, 0) is 25.8 Å². The lowest BCUT2D eigenvalue weighted by Gasteiger charge is -2.55. The van der Waals surface area contributed by atoms with Crippen molar-refractivity contribution in [2.24, 2.45) is 11.3 Å². The van der Waals surface area contributed by atoms with Crippen molar-refractivity contribution >= 4 is 5.78 Å². The van der Waals surface area contributed by atoms with Gasteiger partial charge in [-0.25, -0.2) is 0 Å². The van der Waals surface area contributed by atoms with Crippen LogP contribution in [0.15, 0.2) is 0 Å². The minimum atomic E-state index is -0.147. The summed E-state index contributed by atoms with van der Waals surface area (Å²) in [4.78, 5) is 14.7. The number of carbonyl (C=O) groups excluding carboxylic acids is 1. The third-order valence-corrected chi connectivity index (χ3v) is 4.07. The summed E-state index contributed by atoms with van der Waals surface area (Å²) in [6.07, 6.45) is 3.56. The van der Waals surface area contributed by atoms with Crippen LogP contribution in [0.5, 0.6) is 0 Å². The molecule has 0 spiro atoms. The number of hydrogen-bond donors (Lipinski definition) is 0. The average Bonchev–Trinajstić information content (AvgIpc) is 2.16. The van der Waals surface area contributed by atoms with E-state index >= 15 is 0 Å². The van der Waals surface area contributed by atoms with E-state index < -0.39 is 0 Å². The zero-order valence-electron chi connectivity index (χ0n) is 10.4. The Labute approximate surface area is 93.0 Å². The molecule has 2 saturated heterocycles. The Hall–Kier alpha value is -0.370. The predicted octanol–water partition coefficient (Wildman–Crippen LogP) is 2.47. The van der Waals surface area contributed by atoms with E-state index in [1.54, 1.807) is 0 Å². The second-order valence-electron chi connectivity index (χ2n) is 6.16. The number of ketones is 1. The van der Waals surface area contributed by atoms with Crippen molar-refractivity contribution in [1.29, 1.82) is 0 Å². The van der Waals surface area contributed by atoms with Crippen molar-refractivity contribution in [3.8, 4) is 0 Å². The van der Waals surface area contributed by atoms with Gasteiger partial charge in [-0.15, -0.1) is 0 Å². The first kappa shape index (κ1) is 11.1. The third kappa shape index (κ3) is 1.84. The van der Waals surface area contributed by atoms with Crippen LogP contribution in [-0.2, 0) is 4.79 Å². The molecule has 1 aliphatic carbocycles. The summed E-state index contributed by atoms with van der Waals surface area (Å²) < 4.78 is 0. The van der Waals surface area contributed by atoms with Gasteiger partial charge in [0.15, 0.2) is 0 Å². The lowest BCUT2D eigenvalue weighted by atomic mass is 9.68. The SMILES string of the molecule is CCN1C2CC(C(=O)C(C)(C)C)CC1C2. The summed E-state index contributed by atoms with van der Waals surface area (Å²) >= 11 is 0. The molecular weight excluding hydrogens is 186 g/mol. The van der Waals surface area contributed by atoms with Crippen molar-refractivity contribution < 1.29 is 4.79 Å². The second kappa shape index (κ2) is 3.58. The van der Waals surface area contributed by atoms with Crippen LogP contribution in [0.2, 0.25) is 0 Å². The Morgan fingerprint density at radius 3 is 2.13 bits per heavy atom. The van der Waals surface area contributed by atoms with Crippen LogP contribution in [0.25, 0.3) is 0 Å². The molecule has 3 fully saturated rings. The molecule has 2 heterocycles. The average molecular weight is 209 g/mol. The Kier molecular flexibility index (Phi) is 2.66. The van der Waals surface area contributed by atoms with Gasteiger partial charge in [-0.2, -0.15) is 0 Å². The van der Waals surface area contributed by atoms with Gasteiger partial charge in [0.2, 0.25) is 0 Å². The highest BCUT2D eigenvalue weighted by Gasteiger charge is 2.47. The highest BCUT2D eigenvalue weighted by atomic mass is 16.1. The quantitative estimate of drug-likeness (QED) is 0.696. The largest absolute Gasteiger partial charge is 0.299 e. The molecule has 0 aromatic rings. The van der Waals surface area contributed by atoms with Crippen molar-refractivity contribution in [3.05, 3.63) is 0 Å². The monoisotopic (exact) mass is 209 g/mol. The predicted molar refractivity (Wildman–Crippen MR) is 61.8 cm³/mol. The fourth-order valence-electron chi connectivity index (χ4n) is 3.30. The molecule has 0 N–H and O–H groups in total. The number of Topliss-reactive ketones (excluding diaryl/α,β-unsaturated/α-hetero) is 1. The summed E-state index contributed by atoms with van der Waals surface area (Å²) in [5, 5.41) is 0. The van der Waals surface area contributed by atoms with Gasteiger partial charge in [0.1, 0.15) is 5.78 Å². The van der Waals surface area contributed by atoms with Gasteiger partial charge in [0.25, 0.3) is 0 Å². The summed E-state index contributed by atoms with van der Waals surface area (Å²) in [6, 6.07) is 1.43. The highest BCUT2D eigenvalue weighted by molar-refractivity contribution is 5.86. The van der Waals surface area contributed by atoms with Crippen LogP contribution >= 0.6 is 0 Å². The number of piperidine rings is 1. The van der Waals surface area contributed by atoms with Gasteiger partial charge >= 0.3 is 0 Å². The molecular formula is C13H23NO. The lowest BCUT2D eigenvalue weighted by Crippen LogP contribution is -2.61. The fourth-order valence-corrected chi connectivity index (χ4v) is 3.30. The molecule has 2 bridgehead atoms. The summed E-state index contributed by atoms with van der Waals surface area (Å²) in [5.41, 5.74) is -0.147. The number of rotatable bonds is 2. The first-order valence-corrected chi connectivity index (χ1v) is 6.23. The Morgan fingerprint density at radius 1 is 1.20 bits per heavy atom. The van der Waals surface area contributed by atoms with E-state index in [0.717, 1.165) is 19.4 Å². The van der Waals surface area contributed by atoms with E-state index in [1.165, 1.54) is 6.42 Å². The van der Waals surface area contributed by atoms with Crippen molar-refractivity contribution in [1.82, 2.24) is 4.90 Å². The number of nitrogens with zero attached hydrogens (tertiary/aromatic N) is 1. The smallest absolute Gasteiger partial charge is 0.141 e. The molecule has 0 aromatic carbocycles. The molecule has 86 valence electrons. The van der Waals surface area contributed by atoms with E-state index in [2.05, 4.69) is 11.8 Å². The van der Waals surface area contributed by atoms with Gasteiger partial charge in [0.05, 0.1) is 0 Å². The molecule has 3 rings (SSSR count). The van der Waals surface area contributed by atoms with Crippen LogP contribution in [0, 0.1) is 11.3 Å². The molecule has 2 nitrogen and oxygen atoms in total. The van der Waals surface area contributed by atoms with Gasteiger partial charge in [-0.1, -0.05) is 27.7 Å². The van der Waals surface area contributed by atoms with Crippen LogP contribution in [0.1, 0.15) is 47.0 Å². The van der Waals surface area contributed by atoms with E-state index in [9.17, 15) is 4.79 Å². The van der Waals surface area contributed by atoms with Crippen LogP contribution < -0.4 is 0 Å². The molecule has 1 saturated carbocycles. The lowest BCUT2D eigenvalue weighted by molar-refractivity contribution is -0.138. The maximum Gasteiger partial charge on any atom is 0.141 e. The van der Waals surface area contributed by atoms with Crippen molar-refractivity contribution in [2.75, 3.05) is 6.54 Å². The molecule has 2 heteroatoms. The summed E-state index contributed by atoms with van der Waals surface area (Å²) in [5.74, 6) is 0.824. The van der Waals surface area contributed by atoms with E-state index in [4.69, 9.17) is 0 Å². The van der Waals surface area contributed by atoms with Crippen LogP contribution in [0.3, 0.4) is 0 Å². The van der Waals surface area contributed by atoms with Crippen LogP contribution in [-0.4, -0.2) is 29.3 Å². The van der Waals surface area contributed by atoms with Gasteiger partial charge in [0, 0.05) is 23.4 Å². The van der Waals surface area contributed by atoms with Crippen molar-refractivity contribution in [2.45, 2.75) is 59.0 Å². The second-order valence-corrected chi connectivity index (χ2v) is 6.16. The van der Waals surface area contributed by atoms with Gasteiger partial charge < -0.3 is 0 Å². The summed E-state index contributed by atoms with van der Waals surface area (Å²) in [7, 11) is 0. The standard InChI is InChI=1S/C13H23NO/c1-5-14-10-6-9(7-11(14)8-10)12(15)13(2,3)4/h9-11H,5-8H2,1-4H3. The fraction of sp³-hybridized carbons (Fsp3) is 0.923. The molecule has 15 heavy (non-hydrogen) atoms. The molecule has 0 amide bonds. The molecule has 2 aliphatic heterocycles. The molecule has 3 aliphatic rings. The Balaban J connectivity index is 1.97. The molecule has 0 radical (unpaired) electrons. The van der Waals surface area contributed by atoms with Crippen molar-refractivity contribution in [3.63, 3.8) is 0 Å². The minimum absolute atomic E-state index is 0.147.